The standard InChI is InChI=1S/C25H21NO4S2/c27-22(28)17-25(15-18-9-3-1-4-10-18,16-19-11-5-2-6-12-19)23(29)30-32-24-26-20-13-7-8-14-21(20)31-24/h1-14H,15-17H2,(H,27,28). The maximum atomic E-state index is 13.5. The molecular formula is C25H21NO4S2. The van der Waals surface area contributed by atoms with Crippen LogP contribution in [0.5, 0.6) is 0 Å². The van der Waals surface area contributed by atoms with E-state index in [0.29, 0.717) is 4.34 Å². The highest BCUT2D eigenvalue weighted by Crippen LogP contribution is 2.37. The van der Waals surface area contributed by atoms with Crippen LogP contribution in [0.15, 0.2) is 89.3 Å². The molecule has 0 atom stereocenters. The van der Waals surface area contributed by atoms with E-state index in [2.05, 4.69) is 4.98 Å². The Morgan fingerprint density at radius 3 is 2.00 bits per heavy atom. The smallest absolute Gasteiger partial charge is 0.325 e. The summed E-state index contributed by atoms with van der Waals surface area (Å²) in [6, 6.07) is 26.6. The van der Waals surface area contributed by atoms with Crippen LogP contribution in [0.1, 0.15) is 17.5 Å². The molecule has 0 aliphatic carbocycles. The zero-order valence-electron chi connectivity index (χ0n) is 17.1. The summed E-state index contributed by atoms with van der Waals surface area (Å²) in [5.74, 6) is -1.60. The Morgan fingerprint density at radius 1 is 0.875 bits per heavy atom. The van der Waals surface area contributed by atoms with Crippen molar-refractivity contribution in [1.82, 2.24) is 4.98 Å². The molecule has 5 nitrogen and oxygen atoms in total. The highest BCUT2D eigenvalue weighted by molar-refractivity contribution is 7.97. The van der Waals surface area contributed by atoms with Crippen molar-refractivity contribution < 1.29 is 18.9 Å². The van der Waals surface area contributed by atoms with Gasteiger partial charge in [0, 0.05) is 0 Å². The normalized spacial score (nSPS) is 11.4. The molecule has 0 aliphatic heterocycles. The summed E-state index contributed by atoms with van der Waals surface area (Å²) in [5, 5.41) is 9.71. The van der Waals surface area contributed by atoms with E-state index in [4.69, 9.17) is 4.18 Å². The third kappa shape index (κ3) is 5.36. The van der Waals surface area contributed by atoms with E-state index in [1.165, 1.54) is 11.3 Å². The van der Waals surface area contributed by atoms with Crippen LogP contribution in [0.2, 0.25) is 0 Å². The predicted octanol–water partition coefficient (Wildman–Crippen LogP) is 5.79. The first-order chi connectivity index (χ1) is 15.5. The van der Waals surface area contributed by atoms with Gasteiger partial charge in [-0.1, -0.05) is 72.8 Å². The molecule has 3 aromatic carbocycles. The molecule has 0 amide bonds. The SMILES string of the molecule is O=C(O)CC(Cc1ccccc1)(Cc1ccccc1)C(=O)OSc1nc2ccccc2s1. The maximum absolute atomic E-state index is 13.5. The van der Waals surface area contributed by atoms with Crippen molar-refractivity contribution in [2.24, 2.45) is 5.41 Å². The van der Waals surface area contributed by atoms with Gasteiger partial charge in [-0.3, -0.25) is 9.59 Å². The molecule has 0 radical (unpaired) electrons. The molecule has 32 heavy (non-hydrogen) atoms. The summed E-state index contributed by atoms with van der Waals surface area (Å²) in [6.07, 6.45) is 0.179. The molecule has 4 aromatic rings. The van der Waals surface area contributed by atoms with Crippen LogP contribution in [0.4, 0.5) is 0 Å². The van der Waals surface area contributed by atoms with Gasteiger partial charge in [0.2, 0.25) is 0 Å². The van der Waals surface area contributed by atoms with Crippen LogP contribution < -0.4 is 0 Å². The fraction of sp³-hybridized carbons (Fsp3) is 0.160. The Kier molecular flexibility index (Phi) is 6.87. The number of fused-ring (bicyclic) bond motifs is 1. The second-order valence-corrected chi connectivity index (χ2v) is 9.59. The van der Waals surface area contributed by atoms with Crippen LogP contribution >= 0.6 is 23.4 Å². The summed E-state index contributed by atoms with van der Waals surface area (Å²) in [4.78, 5) is 29.8. The fourth-order valence-corrected chi connectivity index (χ4v) is 5.38. The third-order valence-electron chi connectivity index (χ3n) is 5.16. The highest BCUT2D eigenvalue weighted by Gasteiger charge is 2.43. The second kappa shape index (κ2) is 9.97. The number of nitrogens with zero attached hydrogens (tertiary/aromatic N) is 1. The summed E-state index contributed by atoms with van der Waals surface area (Å²) in [7, 11) is 0. The zero-order chi connectivity index (χ0) is 22.4. The van der Waals surface area contributed by atoms with Gasteiger partial charge in [0.05, 0.1) is 22.1 Å². The number of thiazole rings is 1. The molecule has 7 heteroatoms. The van der Waals surface area contributed by atoms with E-state index < -0.39 is 17.4 Å². The fourth-order valence-electron chi connectivity index (χ4n) is 3.72. The van der Waals surface area contributed by atoms with Gasteiger partial charge in [-0.2, -0.15) is 0 Å². The van der Waals surface area contributed by atoms with Gasteiger partial charge in [0.1, 0.15) is 12.0 Å². The molecule has 162 valence electrons. The predicted molar refractivity (Wildman–Crippen MR) is 127 cm³/mol. The lowest BCUT2D eigenvalue weighted by Gasteiger charge is -2.30. The lowest BCUT2D eigenvalue weighted by Crippen LogP contribution is -2.38. The van der Waals surface area contributed by atoms with Gasteiger partial charge in [0.25, 0.3) is 0 Å². The lowest BCUT2D eigenvalue weighted by atomic mass is 9.74. The first-order valence-corrected chi connectivity index (χ1v) is 11.6. The minimum atomic E-state index is -1.25. The molecule has 0 saturated heterocycles. The molecule has 0 aliphatic rings. The zero-order valence-corrected chi connectivity index (χ0v) is 18.8. The monoisotopic (exact) mass is 463 g/mol. The first-order valence-electron chi connectivity index (χ1n) is 10.1. The van der Waals surface area contributed by atoms with Crippen molar-refractivity contribution in [1.29, 1.82) is 0 Å². The number of benzene rings is 3. The molecular weight excluding hydrogens is 442 g/mol. The van der Waals surface area contributed by atoms with Crippen molar-refractivity contribution >= 4 is 45.5 Å². The van der Waals surface area contributed by atoms with Crippen LogP contribution in [-0.2, 0) is 26.6 Å². The molecule has 0 fully saturated rings. The number of para-hydroxylation sites is 1. The van der Waals surface area contributed by atoms with Crippen molar-refractivity contribution in [2.45, 2.75) is 23.6 Å². The number of carbonyl (C=O) groups excluding carboxylic acids is 1. The van der Waals surface area contributed by atoms with E-state index in [1.807, 2.05) is 84.9 Å². The van der Waals surface area contributed by atoms with Gasteiger partial charge < -0.3 is 9.29 Å². The van der Waals surface area contributed by atoms with Gasteiger partial charge >= 0.3 is 11.9 Å². The van der Waals surface area contributed by atoms with Crippen molar-refractivity contribution in [2.75, 3.05) is 0 Å². The molecule has 0 unspecified atom stereocenters. The molecule has 1 N–H and O–H groups in total. The quantitative estimate of drug-likeness (QED) is 0.317. The van der Waals surface area contributed by atoms with Crippen LogP contribution in [-0.4, -0.2) is 22.0 Å². The number of carboxylic acid groups (broad SMARTS) is 1. The molecule has 1 aromatic heterocycles. The second-order valence-electron chi connectivity index (χ2n) is 7.58. The van der Waals surface area contributed by atoms with E-state index in [0.717, 1.165) is 33.4 Å². The summed E-state index contributed by atoms with van der Waals surface area (Å²) >= 11 is 2.32. The Morgan fingerprint density at radius 2 is 1.44 bits per heavy atom. The molecule has 0 saturated carbocycles. The average molecular weight is 464 g/mol. The Bertz CT molecular complexity index is 1130. The Balaban J connectivity index is 1.63. The highest BCUT2D eigenvalue weighted by atomic mass is 32.2. The number of aromatic nitrogens is 1. The van der Waals surface area contributed by atoms with Crippen LogP contribution in [0.25, 0.3) is 10.2 Å². The van der Waals surface area contributed by atoms with E-state index in [-0.39, 0.29) is 19.3 Å². The third-order valence-corrected chi connectivity index (χ3v) is 6.91. The van der Waals surface area contributed by atoms with Crippen LogP contribution in [0, 0.1) is 5.41 Å². The van der Waals surface area contributed by atoms with Crippen LogP contribution in [0.3, 0.4) is 0 Å². The largest absolute Gasteiger partial charge is 0.481 e. The molecule has 4 rings (SSSR count). The minimum absolute atomic E-state index is 0.258. The van der Waals surface area contributed by atoms with Crippen molar-refractivity contribution in [3.05, 3.63) is 96.1 Å². The van der Waals surface area contributed by atoms with Gasteiger partial charge in [-0.25, -0.2) is 4.98 Å². The van der Waals surface area contributed by atoms with E-state index in [9.17, 15) is 14.7 Å². The first kappa shape index (κ1) is 22.0. The van der Waals surface area contributed by atoms with E-state index >= 15 is 0 Å². The number of rotatable bonds is 9. The molecule has 1 heterocycles. The molecule has 0 bridgehead atoms. The number of hydrogen-bond donors (Lipinski definition) is 1. The Hall–Kier alpha value is -3.16. The average Bonchev–Trinajstić information content (AvgIpc) is 3.21. The van der Waals surface area contributed by atoms with Crippen molar-refractivity contribution in [3.8, 4) is 0 Å². The maximum Gasteiger partial charge on any atom is 0.325 e. The number of carboxylic acids is 1. The summed E-state index contributed by atoms with van der Waals surface area (Å²) < 4.78 is 7.23. The van der Waals surface area contributed by atoms with Gasteiger partial charge in [0.15, 0.2) is 4.34 Å². The minimum Gasteiger partial charge on any atom is -0.481 e. The topological polar surface area (TPSA) is 76.5 Å². The van der Waals surface area contributed by atoms with Gasteiger partial charge in [-0.15, -0.1) is 11.3 Å². The van der Waals surface area contributed by atoms with Crippen molar-refractivity contribution in [3.63, 3.8) is 0 Å². The summed E-state index contributed by atoms with van der Waals surface area (Å²) in [6.45, 7) is 0. The Labute approximate surface area is 194 Å². The summed E-state index contributed by atoms with van der Waals surface area (Å²) in [5.41, 5.74) is 1.35. The number of aliphatic carboxylic acids is 1. The molecule has 0 spiro atoms. The van der Waals surface area contributed by atoms with E-state index in [1.54, 1.807) is 0 Å². The number of carbonyl (C=O) groups is 2. The number of hydrogen-bond acceptors (Lipinski definition) is 6. The lowest BCUT2D eigenvalue weighted by molar-refractivity contribution is -0.152. The van der Waals surface area contributed by atoms with Gasteiger partial charge in [-0.05, 0) is 36.1 Å².